The van der Waals surface area contributed by atoms with Crippen LogP contribution in [0.2, 0.25) is 0 Å². The molecule has 0 aliphatic carbocycles. The van der Waals surface area contributed by atoms with Gasteiger partial charge < -0.3 is 33.2 Å². The smallest absolute Gasteiger partial charge is 0.333 e. The molecule has 0 aromatic carbocycles. The van der Waals surface area contributed by atoms with Crippen molar-refractivity contribution in [2.45, 2.75) is 104 Å². The van der Waals surface area contributed by atoms with Crippen molar-refractivity contribution in [3.63, 3.8) is 0 Å². The van der Waals surface area contributed by atoms with Crippen LogP contribution < -0.4 is 0 Å². The second-order valence-corrected chi connectivity index (χ2v) is 10.2. The van der Waals surface area contributed by atoms with E-state index in [4.69, 9.17) is 33.2 Å². The molecule has 0 rings (SSSR count). The molecule has 0 bridgehead atoms. The number of rotatable bonds is 34. The average Bonchev–Trinajstić information content (AvgIpc) is 2.95. The Kier molecular flexibility index (Phi) is 33.3. The van der Waals surface area contributed by atoms with E-state index in [2.05, 4.69) is 13.5 Å². The second kappa shape index (κ2) is 34.2. The van der Waals surface area contributed by atoms with E-state index in [0.717, 1.165) is 13.0 Å². The van der Waals surface area contributed by atoms with Crippen LogP contribution in [-0.4, -0.2) is 91.9 Å². The van der Waals surface area contributed by atoms with Gasteiger partial charge in [0.15, 0.2) is 0 Å². The van der Waals surface area contributed by atoms with Crippen LogP contribution in [0, 0.1) is 0 Å². The lowest BCUT2D eigenvalue weighted by atomic mass is 10.0. The molecule has 0 fully saturated rings. The predicted molar refractivity (Wildman–Crippen MR) is 161 cm³/mol. The highest BCUT2D eigenvalue weighted by atomic mass is 16.6. The minimum absolute atomic E-state index is 0.215. The number of carbonyl (C=O) groups is 1. The first-order valence-electron chi connectivity index (χ1n) is 16.0. The molecule has 8 heteroatoms. The third kappa shape index (κ3) is 33.2. The lowest BCUT2D eigenvalue weighted by molar-refractivity contribution is -0.140. The number of hydrogen-bond donors (Lipinski definition) is 0. The van der Waals surface area contributed by atoms with Gasteiger partial charge in [-0.3, -0.25) is 0 Å². The van der Waals surface area contributed by atoms with Gasteiger partial charge in [-0.25, -0.2) is 4.79 Å². The third-order valence-corrected chi connectivity index (χ3v) is 6.31. The van der Waals surface area contributed by atoms with Crippen LogP contribution in [0.25, 0.3) is 0 Å². The molecule has 0 amide bonds. The number of hydrogen-bond acceptors (Lipinski definition) is 8. The molecule has 0 aliphatic heterocycles. The first-order chi connectivity index (χ1) is 19.7. The summed E-state index contributed by atoms with van der Waals surface area (Å²) in [4.78, 5) is 11.2. The summed E-state index contributed by atoms with van der Waals surface area (Å²) in [5, 5.41) is 0. The lowest BCUT2D eigenvalue weighted by Crippen LogP contribution is -2.15. The molecule has 0 unspecified atom stereocenters. The first kappa shape index (κ1) is 39.0. The minimum Gasteiger partial charge on any atom is -0.460 e. The van der Waals surface area contributed by atoms with Gasteiger partial charge in [-0.15, -0.1) is 0 Å². The van der Waals surface area contributed by atoms with Crippen molar-refractivity contribution in [3.05, 3.63) is 12.2 Å². The molecule has 0 saturated heterocycles. The van der Waals surface area contributed by atoms with Crippen LogP contribution in [-0.2, 0) is 38.0 Å². The van der Waals surface area contributed by atoms with Crippen molar-refractivity contribution >= 4 is 5.97 Å². The molecule has 40 heavy (non-hydrogen) atoms. The molecule has 0 saturated carbocycles. The fourth-order valence-corrected chi connectivity index (χ4v) is 3.92. The van der Waals surface area contributed by atoms with Gasteiger partial charge in [0.1, 0.15) is 6.61 Å². The van der Waals surface area contributed by atoms with Crippen LogP contribution >= 0.6 is 0 Å². The highest BCUT2D eigenvalue weighted by Crippen LogP contribution is 2.12. The van der Waals surface area contributed by atoms with E-state index in [1.165, 1.54) is 83.5 Å². The minimum atomic E-state index is -0.399. The summed E-state index contributed by atoms with van der Waals surface area (Å²) in [7, 11) is 0. The Morgan fingerprint density at radius 1 is 0.425 bits per heavy atom. The molecule has 0 aromatic heterocycles. The maximum absolute atomic E-state index is 11.2. The largest absolute Gasteiger partial charge is 0.460 e. The van der Waals surface area contributed by atoms with Crippen molar-refractivity contribution in [1.29, 1.82) is 0 Å². The highest BCUT2D eigenvalue weighted by molar-refractivity contribution is 5.86. The standard InChI is InChI=1S/C32H62O8/c1-4-5-6-7-8-9-10-11-12-13-14-15-16-17-18-34-19-20-35-21-22-36-23-24-37-25-26-38-27-28-39-29-30-40-32(33)31(2)3/h2,4-30H2,1,3H3. The Morgan fingerprint density at radius 2 is 0.700 bits per heavy atom. The average molecular weight is 575 g/mol. The fraction of sp³-hybridized carbons (Fsp3) is 0.906. The Hall–Kier alpha value is -1.03. The van der Waals surface area contributed by atoms with Crippen molar-refractivity contribution in [1.82, 2.24) is 0 Å². The fourth-order valence-electron chi connectivity index (χ4n) is 3.92. The van der Waals surface area contributed by atoms with Crippen molar-refractivity contribution in [2.24, 2.45) is 0 Å². The van der Waals surface area contributed by atoms with Gasteiger partial charge in [0.05, 0.1) is 72.7 Å². The highest BCUT2D eigenvalue weighted by Gasteiger charge is 2.02. The lowest BCUT2D eigenvalue weighted by Gasteiger charge is -2.08. The summed E-state index contributed by atoms with van der Waals surface area (Å²) in [6.07, 6.45) is 19.3. The maximum atomic E-state index is 11.2. The van der Waals surface area contributed by atoms with E-state index in [1.54, 1.807) is 6.92 Å². The zero-order valence-electron chi connectivity index (χ0n) is 26.1. The van der Waals surface area contributed by atoms with Crippen LogP contribution in [0.1, 0.15) is 104 Å². The zero-order chi connectivity index (χ0) is 29.2. The summed E-state index contributed by atoms with van der Waals surface area (Å²) in [6.45, 7) is 14.1. The molecule has 0 atom stereocenters. The number of carbonyl (C=O) groups excluding carboxylic acids is 1. The molecule has 0 aromatic rings. The summed E-state index contributed by atoms with van der Waals surface area (Å²) < 4.78 is 37.8. The Morgan fingerprint density at radius 3 is 1.02 bits per heavy atom. The molecule has 0 N–H and O–H groups in total. The monoisotopic (exact) mass is 574 g/mol. The van der Waals surface area contributed by atoms with Gasteiger partial charge >= 0.3 is 5.97 Å². The van der Waals surface area contributed by atoms with Crippen molar-refractivity contribution in [2.75, 3.05) is 85.9 Å². The summed E-state index contributed by atoms with van der Waals surface area (Å²) in [5.74, 6) is -0.399. The van der Waals surface area contributed by atoms with E-state index >= 15 is 0 Å². The quantitative estimate of drug-likeness (QED) is 0.0478. The van der Waals surface area contributed by atoms with Crippen LogP contribution in [0.15, 0.2) is 12.2 Å². The van der Waals surface area contributed by atoms with Crippen molar-refractivity contribution in [3.8, 4) is 0 Å². The summed E-state index contributed by atoms with van der Waals surface area (Å²) in [5.41, 5.74) is 0.382. The van der Waals surface area contributed by atoms with Gasteiger partial charge in [0, 0.05) is 12.2 Å². The maximum Gasteiger partial charge on any atom is 0.333 e. The van der Waals surface area contributed by atoms with Gasteiger partial charge in [0.2, 0.25) is 0 Å². The van der Waals surface area contributed by atoms with E-state index in [9.17, 15) is 4.79 Å². The normalized spacial score (nSPS) is 11.2. The van der Waals surface area contributed by atoms with E-state index in [1.807, 2.05) is 0 Å². The van der Waals surface area contributed by atoms with E-state index in [-0.39, 0.29) is 6.61 Å². The van der Waals surface area contributed by atoms with Gasteiger partial charge in [0.25, 0.3) is 0 Å². The van der Waals surface area contributed by atoms with Gasteiger partial charge in [-0.2, -0.15) is 0 Å². The SMILES string of the molecule is C=C(C)C(=O)OCCOCCOCCOCCOCCOCCOCCCCCCCCCCCCCCCC. The molecular weight excluding hydrogens is 512 g/mol. The Bertz CT molecular complexity index is 529. The molecule has 238 valence electrons. The molecule has 0 spiro atoms. The number of ether oxygens (including phenoxy) is 7. The van der Waals surface area contributed by atoms with Gasteiger partial charge in [-0.05, 0) is 13.3 Å². The Balaban J connectivity index is 3.06. The van der Waals surface area contributed by atoms with Crippen LogP contribution in [0.5, 0.6) is 0 Å². The molecule has 0 heterocycles. The summed E-state index contributed by atoms with van der Waals surface area (Å²) >= 11 is 0. The van der Waals surface area contributed by atoms with E-state index < -0.39 is 5.97 Å². The van der Waals surface area contributed by atoms with Crippen LogP contribution in [0.4, 0.5) is 0 Å². The molecule has 0 aliphatic rings. The van der Waals surface area contributed by atoms with Crippen LogP contribution in [0.3, 0.4) is 0 Å². The third-order valence-electron chi connectivity index (χ3n) is 6.31. The molecule has 8 nitrogen and oxygen atoms in total. The topological polar surface area (TPSA) is 81.7 Å². The zero-order valence-corrected chi connectivity index (χ0v) is 26.1. The molecular formula is C32H62O8. The number of unbranched alkanes of at least 4 members (excludes halogenated alkanes) is 13. The Labute approximate surface area is 245 Å². The second-order valence-electron chi connectivity index (χ2n) is 10.2. The first-order valence-corrected chi connectivity index (χ1v) is 16.0. The number of esters is 1. The van der Waals surface area contributed by atoms with Gasteiger partial charge in [-0.1, -0.05) is 97.0 Å². The van der Waals surface area contributed by atoms with Crippen molar-refractivity contribution < 1.29 is 38.0 Å². The predicted octanol–water partition coefficient (Wildman–Crippen LogP) is 6.69. The molecule has 0 radical (unpaired) electrons. The summed E-state index contributed by atoms with van der Waals surface area (Å²) in [6, 6.07) is 0. The van der Waals surface area contributed by atoms with E-state index in [0.29, 0.717) is 78.2 Å².